The van der Waals surface area contributed by atoms with Gasteiger partial charge in [0.15, 0.2) is 0 Å². The standard InChI is InChI=1S/C6H5F2N.C6H6FN/c7-4-1-2-6(9)5(8)3-4;7-5-1-3-6(8)4-2-5/h1-3H,9H2;1-4H,8H2. The summed E-state index contributed by atoms with van der Waals surface area (Å²) in [5.41, 5.74) is 10.9. The molecule has 0 radical (unpaired) electrons. The number of nitrogen functional groups attached to an aromatic ring is 2. The third-order valence-corrected chi connectivity index (χ3v) is 1.83. The molecule has 17 heavy (non-hydrogen) atoms. The molecule has 0 aliphatic carbocycles. The number of benzene rings is 2. The average molecular weight is 240 g/mol. The van der Waals surface area contributed by atoms with Gasteiger partial charge in [0.05, 0.1) is 5.69 Å². The summed E-state index contributed by atoms with van der Waals surface area (Å²) < 4.78 is 36.3. The van der Waals surface area contributed by atoms with Crippen molar-refractivity contribution < 1.29 is 13.2 Å². The molecule has 0 aliphatic heterocycles. The third-order valence-electron chi connectivity index (χ3n) is 1.83. The Morgan fingerprint density at radius 2 is 1.24 bits per heavy atom. The summed E-state index contributed by atoms with van der Waals surface area (Å²) in [5.74, 6) is -1.57. The van der Waals surface area contributed by atoms with Crippen LogP contribution in [0.3, 0.4) is 0 Å². The quantitative estimate of drug-likeness (QED) is 0.695. The molecule has 0 amide bonds. The lowest BCUT2D eigenvalue weighted by Crippen LogP contribution is -1.89. The molecule has 2 nitrogen and oxygen atoms in total. The fraction of sp³-hybridized carbons (Fsp3) is 0. The monoisotopic (exact) mass is 240 g/mol. The van der Waals surface area contributed by atoms with Crippen molar-refractivity contribution in [2.24, 2.45) is 0 Å². The predicted molar refractivity (Wildman–Crippen MR) is 61.6 cm³/mol. The van der Waals surface area contributed by atoms with Gasteiger partial charge in [-0.25, -0.2) is 13.2 Å². The minimum atomic E-state index is -0.713. The molecular formula is C12H11F3N2. The van der Waals surface area contributed by atoms with Gasteiger partial charge < -0.3 is 11.5 Å². The molecule has 0 heterocycles. The van der Waals surface area contributed by atoms with Crippen molar-refractivity contribution in [1.29, 1.82) is 0 Å². The highest BCUT2D eigenvalue weighted by molar-refractivity contribution is 5.38. The number of anilines is 2. The SMILES string of the molecule is Nc1ccc(F)cc1.Nc1ccc(F)cc1F. The Labute approximate surface area is 96.7 Å². The van der Waals surface area contributed by atoms with Gasteiger partial charge in [-0.1, -0.05) is 0 Å². The zero-order valence-corrected chi connectivity index (χ0v) is 8.83. The molecule has 4 N–H and O–H groups in total. The van der Waals surface area contributed by atoms with Gasteiger partial charge in [-0.2, -0.15) is 0 Å². The van der Waals surface area contributed by atoms with Crippen LogP contribution in [0.25, 0.3) is 0 Å². The van der Waals surface area contributed by atoms with Crippen molar-refractivity contribution in [1.82, 2.24) is 0 Å². The number of nitrogens with two attached hydrogens (primary N) is 2. The zero-order chi connectivity index (χ0) is 12.8. The van der Waals surface area contributed by atoms with Crippen LogP contribution in [0.15, 0.2) is 42.5 Å². The van der Waals surface area contributed by atoms with Gasteiger partial charge in [0.25, 0.3) is 0 Å². The Morgan fingerprint density at radius 3 is 1.65 bits per heavy atom. The highest BCUT2D eigenvalue weighted by Gasteiger charge is 1.96. The van der Waals surface area contributed by atoms with Crippen molar-refractivity contribution in [2.75, 3.05) is 11.5 Å². The molecule has 2 aromatic rings. The Kier molecular flexibility index (Phi) is 4.39. The summed E-state index contributed by atoms with van der Waals surface area (Å²) in [6.07, 6.45) is 0. The predicted octanol–water partition coefficient (Wildman–Crippen LogP) is 2.95. The van der Waals surface area contributed by atoms with Crippen molar-refractivity contribution in [3.05, 3.63) is 59.9 Å². The van der Waals surface area contributed by atoms with Gasteiger partial charge in [0, 0.05) is 11.8 Å². The maximum Gasteiger partial charge on any atom is 0.148 e. The minimum absolute atomic E-state index is 0.0311. The van der Waals surface area contributed by atoms with E-state index in [2.05, 4.69) is 0 Å². The molecule has 0 atom stereocenters. The van der Waals surface area contributed by atoms with Gasteiger partial charge >= 0.3 is 0 Å². The van der Waals surface area contributed by atoms with Crippen LogP contribution in [-0.2, 0) is 0 Å². The summed E-state index contributed by atoms with van der Waals surface area (Å²) in [6.45, 7) is 0. The molecule has 0 saturated heterocycles. The van der Waals surface area contributed by atoms with Crippen LogP contribution >= 0.6 is 0 Å². The van der Waals surface area contributed by atoms with Crippen molar-refractivity contribution in [2.45, 2.75) is 0 Å². The van der Waals surface area contributed by atoms with Gasteiger partial charge in [-0.3, -0.25) is 0 Å². The zero-order valence-electron chi connectivity index (χ0n) is 8.83. The maximum absolute atomic E-state index is 12.2. The van der Waals surface area contributed by atoms with Crippen LogP contribution < -0.4 is 11.5 Å². The maximum atomic E-state index is 12.2. The second-order valence-electron chi connectivity index (χ2n) is 3.22. The summed E-state index contributed by atoms with van der Waals surface area (Å²) in [7, 11) is 0. The van der Waals surface area contributed by atoms with Gasteiger partial charge in [0.2, 0.25) is 0 Å². The van der Waals surface area contributed by atoms with Crippen LogP contribution in [0.4, 0.5) is 24.5 Å². The first-order valence-electron chi connectivity index (χ1n) is 4.70. The van der Waals surface area contributed by atoms with Gasteiger partial charge in [0.1, 0.15) is 17.5 Å². The number of hydrogen-bond donors (Lipinski definition) is 2. The smallest absolute Gasteiger partial charge is 0.148 e. The number of rotatable bonds is 0. The van der Waals surface area contributed by atoms with E-state index in [0.717, 1.165) is 12.1 Å². The van der Waals surface area contributed by atoms with Crippen LogP contribution in [-0.4, -0.2) is 0 Å². The molecule has 0 aromatic heterocycles. The fourth-order valence-electron chi connectivity index (χ4n) is 0.964. The molecule has 0 spiro atoms. The topological polar surface area (TPSA) is 52.0 Å². The summed E-state index contributed by atoms with van der Waals surface area (Å²) >= 11 is 0. The first kappa shape index (κ1) is 12.9. The van der Waals surface area contributed by atoms with E-state index in [4.69, 9.17) is 11.5 Å². The molecule has 5 heteroatoms. The Balaban J connectivity index is 0.000000171. The van der Waals surface area contributed by atoms with E-state index in [0.29, 0.717) is 5.69 Å². The Hall–Kier alpha value is -2.17. The van der Waals surface area contributed by atoms with E-state index in [1.165, 1.54) is 30.3 Å². The van der Waals surface area contributed by atoms with E-state index in [1.807, 2.05) is 0 Å². The van der Waals surface area contributed by atoms with Crippen molar-refractivity contribution >= 4 is 11.4 Å². The lowest BCUT2D eigenvalue weighted by Gasteiger charge is -1.92. The molecule has 0 saturated carbocycles. The Bertz CT molecular complexity index is 463. The van der Waals surface area contributed by atoms with Crippen molar-refractivity contribution in [3.63, 3.8) is 0 Å². The lowest BCUT2D eigenvalue weighted by atomic mass is 10.3. The summed E-state index contributed by atoms with van der Waals surface area (Å²) in [6, 6.07) is 8.74. The highest BCUT2D eigenvalue weighted by Crippen LogP contribution is 2.09. The first-order chi connectivity index (χ1) is 7.99. The normalized spacial score (nSPS) is 9.35. The first-order valence-corrected chi connectivity index (χ1v) is 4.70. The lowest BCUT2D eigenvalue weighted by molar-refractivity contribution is 0.586. The summed E-state index contributed by atoms with van der Waals surface area (Å²) in [5, 5.41) is 0. The van der Waals surface area contributed by atoms with Gasteiger partial charge in [-0.05, 0) is 36.4 Å². The number of hydrogen-bond acceptors (Lipinski definition) is 2. The second kappa shape index (κ2) is 5.79. The molecule has 2 aromatic carbocycles. The van der Waals surface area contributed by atoms with Crippen LogP contribution in [0.5, 0.6) is 0 Å². The van der Waals surface area contributed by atoms with Crippen LogP contribution in [0, 0.1) is 17.5 Å². The van der Waals surface area contributed by atoms with Crippen molar-refractivity contribution in [3.8, 4) is 0 Å². The molecule has 0 bridgehead atoms. The van der Waals surface area contributed by atoms with Gasteiger partial charge in [-0.15, -0.1) is 0 Å². The Morgan fingerprint density at radius 1 is 0.706 bits per heavy atom. The van der Waals surface area contributed by atoms with E-state index in [9.17, 15) is 13.2 Å². The fourth-order valence-corrected chi connectivity index (χ4v) is 0.964. The average Bonchev–Trinajstić information content (AvgIpc) is 2.29. The van der Waals surface area contributed by atoms with Crippen LogP contribution in [0.1, 0.15) is 0 Å². The molecule has 2 rings (SSSR count). The molecule has 0 fully saturated rings. The van der Waals surface area contributed by atoms with E-state index >= 15 is 0 Å². The molecule has 0 aliphatic rings. The molecule has 90 valence electrons. The van der Waals surface area contributed by atoms with E-state index in [-0.39, 0.29) is 11.5 Å². The highest BCUT2D eigenvalue weighted by atomic mass is 19.1. The third kappa shape index (κ3) is 4.46. The second-order valence-corrected chi connectivity index (χ2v) is 3.22. The van der Waals surface area contributed by atoms with E-state index in [1.54, 1.807) is 0 Å². The van der Waals surface area contributed by atoms with E-state index < -0.39 is 11.6 Å². The number of halogens is 3. The molecular weight excluding hydrogens is 229 g/mol. The minimum Gasteiger partial charge on any atom is -0.399 e. The van der Waals surface area contributed by atoms with Crippen LogP contribution in [0.2, 0.25) is 0 Å². The molecule has 0 unspecified atom stereocenters. The largest absolute Gasteiger partial charge is 0.399 e. The summed E-state index contributed by atoms with van der Waals surface area (Å²) in [4.78, 5) is 0.